The smallest absolute Gasteiger partial charge is 0.0737 e. The molecular weight excluding hydrogens is 452 g/mol. The van der Waals surface area contributed by atoms with Crippen LogP contribution in [-0.4, -0.2) is 39.8 Å². The molecule has 10 unspecified atom stereocenters. The van der Waals surface area contributed by atoms with E-state index in [0.717, 1.165) is 35.8 Å². The number of aromatic nitrogens is 1. The quantitative estimate of drug-likeness (QED) is 0.344. The summed E-state index contributed by atoms with van der Waals surface area (Å²) >= 11 is 0. The van der Waals surface area contributed by atoms with E-state index in [2.05, 4.69) is 58.0 Å². The van der Waals surface area contributed by atoms with Gasteiger partial charge in [-0.05, 0) is 87.2 Å². The van der Waals surface area contributed by atoms with Crippen LogP contribution in [0.4, 0.5) is 0 Å². The number of hydrogen-bond donors (Lipinski definition) is 0. The molecule has 0 radical (unpaired) electrons. The van der Waals surface area contributed by atoms with E-state index in [9.17, 15) is 0 Å². The Kier molecular flexibility index (Phi) is 4.96. The van der Waals surface area contributed by atoms with Crippen molar-refractivity contribution in [1.82, 2.24) is 9.47 Å². The van der Waals surface area contributed by atoms with Gasteiger partial charge in [0, 0.05) is 46.0 Å². The molecule has 3 aromatic rings. The average molecular weight is 495 g/mol. The predicted octanol–water partition coefficient (Wildman–Crippen LogP) is 7.72. The van der Waals surface area contributed by atoms with Crippen LogP contribution in [0, 0.1) is 23.7 Å². The van der Waals surface area contributed by atoms with Crippen molar-refractivity contribution in [3.05, 3.63) is 48.5 Å². The maximum atomic E-state index is 6.98. The molecule has 6 aliphatic rings. The Morgan fingerprint density at radius 3 is 2.03 bits per heavy atom. The number of piperidine rings is 1. The summed E-state index contributed by atoms with van der Waals surface area (Å²) < 4.78 is 9.80. The molecule has 194 valence electrons. The third kappa shape index (κ3) is 3.02. The molecule has 4 saturated carbocycles. The fourth-order valence-corrected chi connectivity index (χ4v) is 11.2. The van der Waals surface area contributed by atoms with Gasteiger partial charge in [-0.25, -0.2) is 0 Å². The second-order valence-corrected chi connectivity index (χ2v) is 13.5. The van der Waals surface area contributed by atoms with Gasteiger partial charge in [0.05, 0.1) is 12.2 Å². The van der Waals surface area contributed by atoms with Gasteiger partial charge in [-0.2, -0.15) is 0 Å². The minimum Gasteiger partial charge on any atom is -0.372 e. The summed E-state index contributed by atoms with van der Waals surface area (Å²) in [5.74, 6) is 3.51. The maximum Gasteiger partial charge on any atom is 0.0737 e. The second-order valence-electron chi connectivity index (χ2n) is 13.5. The van der Waals surface area contributed by atoms with Crippen molar-refractivity contribution in [2.75, 3.05) is 0 Å². The molecule has 10 atom stereocenters. The Hall–Kier alpha value is -1.84. The highest BCUT2D eigenvalue weighted by Gasteiger charge is 2.61. The number of nitrogens with zero attached hydrogens (tertiary/aromatic N) is 2. The summed E-state index contributed by atoms with van der Waals surface area (Å²) in [6, 6.07) is 21.4. The van der Waals surface area contributed by atoms with E-state index in [0.29, 0.717) is 24.3 Å². The van der Waals surface area contributed by atoms with Crippen molar-refractivity contribution in [1.29, 1.82) is 0 Å². The van der Waals surface area contributed by atoms with Crippen molar-refractivity contribution >= 4 is 21.8 Å². The highest BCUT2D eigenvalue weighted by molar-refractivity contribution is 6.08. The van der Waals surface area contributed by atoms with E-state index in [1.165, 1.54) is 98.9 Å². The zero-order valence-corrected chi connectivity index (χ0v) is 22.2. The first-order valence-corrected chi connectivity index (χ1v) is 15.8. The Balaban J connectivity index is 1.17. The molecule has 0 N–H and O–H groups in total. The monoisotopic (exact) mass is 494 g/mol. The summed E-state index contributed by atoms with van der Waals surface area (Å²) in [5, 5.41) is 2.90. The normalized spacial score (nSPS) is 43.2. The van der Waals surface area contributed by atoms with Crippen LogP contribution in [0.25, 0.3) is 21.8 Å². The molecule has 2 aromatic carbocycles. The second kappa shape index (κ2) is 8.33. The molecular formula is C34H42N2O. The summed E-state index contributed by atoms with van der Waals surface area (Å²) in [5.41, 5.74) is 2.94. The van der Waals surface area contributed by atoms with Gasteiger partial charge in [0.25, 0.3) is 0 Å². The highest BCUT2D eigenvalue weighted by atomic mass is 16.5. The van der Waals surface area contributed by atoms with Crippen LogP contribution in [-0.2, 0) is 4.74 Å². The Morgan fingerprint density at radius 1 is 0.541 bits per heavy atom. The molecule has 0 amide bonds. The number of benzene rings is 2. The van der Waals surface area contributed by atoms with Crippen LogP contribution in [0.2, 0.25) is 0 Å². The standard InChI is InChI=1S/C34H42N2O/c1-3-14-26-21(9-1)22-10-2-4-15-27(22)35(26)28-19-20-30-33-23(11-7-13-25(28)33)24-12-8-18-32-34(24)36(30)29-16-5-6-17-31(29)37-32/h1-4,9-10,14-15,23-25,28-34H,5-8,11-13,16-20H2. The zero-order chi connectivity index (χ0) is 24.1. The average Bonchev–Trinajstić information content (AvgIpc) is 3.29. The number of hydrogen-bond acceptors (Lipinski definition) is 2. The molecule has 2 saturated heterocycles. The fraction of sp³-hybridized carbons (Fsp3) is 0.647. The molecule has 3 heteroatoms. The van der Waals surface area contributed by atoms with Crippen LogP contribution in [0.1, 0.15) is 83.1 Å². The molecule has 0 bridgehead atoms. The van der Waals surface area contributed by atoms with Crippen LogP contribution in [0.3, 0.4) is 0 Å². The van der Waals surface area contributed by atoms with Crippen molar-refractivity contribution in [2.24, 2.45) is 23.7 Å². The maximum absolute atomic E-state index is 6.98. The van der Waals surface area contributed by atoms with E-state index in [1.54, 1.807) is 0 Å². The van der Waals surface area contributed by atoms with Crippen molar-refractivity contribution in [3.8, 4) is 0 Å². The van der Waals surface area contributed by atoms with Crippen LogP contribution in [0.5, 0.6) is 0 Å². The highest BCUT2D eigenvalue weighted by Crippen LogP contribution is 2.60. The van der Waals surface area contributed by atoms with E-state index < -0.39 is 0 Å². The Bertz CT molecular complexity index is 1270. The summed E-state index contributed by atoms with van der Waals surface area (Å²) in [6.45, 7) is 0. The van der Waals surface area contributed by atoms with E-state index in [1.807, 2.05) is 0 Å². The van der Waals surface area contributed by atoms with E-state index in [4.69, 9.17) is 4.74 Å². The predicted molar refractivity (Wildman–Crippen MR) is 150 cm³/mol. The van der Waals surface area contributed by atoms with Crippen LogP contribution >= 0.6 is 0 Å². The van der Waals surface area contributed by atoms with Gasteiger partial charge >= 0.3 is 0 Å². The lowest BCUT2D eigenvalue weighted by Gasteiger charge is -2.68. The first-order chi connectivity index (χ1) is 18.4. The molecule has 2 aliphatic heterocycles. The van der Waals surface area contributed by atoms with Gasteiger partial charge in [-0.3, -0.25) is 4.90 Å². The lowest BCUT2D eigenvalue weighted by Crippen LogP contribution is -2.74. The first kappa shape index (κ1) is 22.0. The van der Waals surface area contributed by atoms with Gasteiger partial charge in [-0.15, -0.1) is 0 Å². The molecule has 3 nitrogen and oxygen atoms in total. The summed E-state index contributed by atoms with van der Waals surface area (Å²) in [7, 11) is 0. The van der Waals surface area contributed by atoms with Gasteiger partial charge in [0.15, 0.2) is 0 Å². The van der Waals surface area contributed by atoms with Gasteiger partial charge in [0.2, 0.25) is 0 Å². The molecule has 4 aliphatic carbocycles. The van der Waals surface area contributed by atoms with Gasteiger partial charge < -0.3 is 9.30 Å². The van der Waals surface area contributed by atoms with Gasteiger partial charge in [-0.1, -0.05) is 62.1 Å². The minimum atomic E-state index is 0.516. The third-order valence-corrected chi connectivity index (χ3v) is 12.2. The number of rotatable bonds is 1. The number of ether oxygens (including phenoxy) is 1. The fourth-order valence-electron chi connectivity index (χ4n) is 11.2. The Labute approximate surface area is 221 Å². The molecule has 3 heterocycles. The van der Waals surface area contributed by atoms with E-state index in [-0.39, 0.29) is 0 Å². The molecule has 1 aromatic heterocycles. The number of fused-ring (bicyclic) bond motifs is 7. The molecule has 9 rings (SSSR count). The zero-order valence-electron chi connectivity index (χ0n) is 22.2. The summed E-state index contributed by atoms with van der Waals surface area (Å²) in [6.07, 6.45) is 17.8. The van der Waals surface area contributed by atoms with Crippen molar-refractivity contribution in [3.63, 3.8) is 0 Å². The van der Waals surface area contributed by atoms with Crippen molar-refractivity contribution < 1.29 is 4.74 Å². The molecule has 37 heavy (non-hydrogen) atoms. The number of morpholine rings is 1. The first-order valence-electron chi connectivity index (χ1n) is 15.8. The number of para-hydroxylation sites is 2. The minimum absolute atomic E-state index is 0.516. The Morgan fingerprint density at radius 2 is 1.19 bits per heavy atom. The lowest BCUT2D eigenvalue weighted by atomic mass is 9.52. The van der Waals surface area contributed by atoms with Gasteiger partial charge in [0.1, 0.15) is 0 Å². The molecule has 0 spiro atoms. The third-order valence-electron chi connectivity index (χ3n) is 12.2. The van der Waals surface area contributed by atoms with Crippen LogP contribution < -0.4 is 0 Å². The topological polar surface area (TPSA) is 17.4 Å². The largest absolute Gasteiger partial charge is 0.372 e. The van der Waals surface area contributed by atoms with E-state index >= 15 is 0 Å². The molecule has 6 fully saturated rings. The SMILES string of the molecule is c1ccc2c(c1)c1ccccc1n2C1CCC2C3C(CCCC31)C1CCCC3OC4CCCCC4N2C31. The van der Waals surface area contributed by atoms with Crippen molar-refractivity contribution in [2.45, 2.75) is 113 Å². The van der Waals surface area contributed by atoms with Crippen LogP contribution in [0.15, 0.2) is 48.5 Å². The lowest BCUT2D eigenvalue weighted by molar-refractivity contribution is -0.249. The summed E-state index contributed by atoms with van der Waals surface area (Å²) in [4.78, 5) is 3.20.